The van der Waals surface area contributed by atoms with Crippen LogP contribution in [-0.2, 0) is 13.1 Å². The van der Waals surface area contributed by atoms with Gasteiger partial charge in [0, 0.05) is 24.0 Å². The van der Waals surface area contributed by atoms with E-state index in [1.807, 2.05) is 0 Å². The monoisotopic (exact) mass is 224 g/mol. The van der Waals surface area contributed by atoms with Crippen molar-refractivity contribution in [2.45, 2.75) is 25.9 Å². The second-order valence-electron chi connectivity index (χ2n) is 5.78. The molecule has 0 atom stereocenters. The largest absolute Gasteiger partial charge is 0.316 e. The summed E-state index contributed by atoms with van der Waals surface area (Å²) in [5, 5.41) is 2.82. The van der Waals surface area contributed by atoms with Crippen LogP contribution in [0.3, 0.4) is 0 Å². The molecule has 0 N–H and O–H groups in total. The van der Waals surface area contributed by atoms with Gasteiger partial charge in [-0.05, 0) is 22.9 Å². The van der Waals surface area contributed by atoms with Crippen LogP contribution < -0.4 is 0 Å². The van der Waals surface area contributed by atoms with Crippen LogP contribution in [0.4, 0.5) is 0 Å². The summed E-state index contributed by atoms with van der Waals surface area (Å²) < 4.78 is 1.34. The van der Waals surface area contributed by atoms with Crippen LogP contribution in [-0.4, -0.2) is 17.6 Å². The smallest absolute Gasteiger partial charge is 0.105 e. The van der Waals surface area contributed by atoms with Crippen molar-refractivity contribution in [3.8, 4) is 0 Å². The molecule has 86 valence electrons. The van der Waals surface area contributed by atoms with E-state index < -0.39 is 0 Å². The molecule has 1 spiro atoms. The first-order valence-corrected chi connectivity index (χ1v) is 6.70. The molecule has 17 heavy (non-hydrogen) atoms. The van der Waals surface area contributed by atoms with E-state index >= 15 is 0 Å². The van der Waals surface area contributed by atoms with Crippen molar-refractivity contribution in [1.29, 1.82) is 0 Å². The van der Waals surface area contributed by atoms with Crippen molar-refractivity contribution in [2.24, 2.45) is 0 Å². The molecule has 2 aliphatic rings. The number of rotatable bonds is 0. The lowest BCUT2D eigenvalue weighted by molar-refractivity contribution is -0.936. The fourth-order valence-electron chi connectivity index (χ4n) is 3.73. The van der Waals surface area contributed by atoms with E-state index in [2.05, 4.69) is 36.4 Å². The highest BCUT2D eigenvalue weighted by Gasteiger charge is 2.38. The predicted octanol–water partition coefficient (Wildman–Crippen LogP) is 3.46. The molecule has 2 aromatic carbocycles. The van der Waals surface area contributed by atoms with Crippen molar-refractivity contribution in [3.63, 3.8) is 0 Å². The molecule has 0 amide bonds. The Hall–Kier alpha value is -1.34. The molecule has 0 unspecified atom stereocenters. The quantitative estimate of drug-likeness (QED) is 0.601. The molecule has 0 bridgehead atoms. The van der Waals surface area contributed by atoms with Gasteiger partial charge in [-0.2, -0.15) is 0 Å². The van der Waals surface area contributed by atoms with E-state index in [1.165, 1.54) is 54.3 Å². The van der Waals surface area contributed by atoms with E-state index in [0.717, 1.165) is 0 Å². The summed E-state index contributed by atoms with van der Waals surface area (Å²) in [5.41, 5.74) is 3.20. The maximum Gasteiger partial charge on any atom is 0.105 e. The number of fused-ring (bicyclic) bond motifs is 2. The van der Waals surface area contributed by atoms with Gasteiger partial charge in [-0.25, -0.2) is 0 Å². The molecule has 1 fully saturated rings. The molecule has 0 aliphatic carbocycles. The molecule has 1 heteroatoms. The maximum atomic E-state index is 2.43. The van der Waals surface area contributed by atoms with Crippen LogP contribution in [0.25, 0.3) is 10.8 Å². The first-order valence-electron chi connectivity index (χ1n) is 6.70. The zero-order valence-electron chi connectivity index (χ0n) is 10.2. The number of nitrogens with zero attached hydrogens (tertiary/aromatic N) is 1. The van der Waals surface area contributed by atoms with Crippen LogP contribution in [0, 0.1) is 0 Å². The summed E-state index contributed by atoms with van der Waals surface area (Å²) in [5.74, 6) is 0. The van der Waals surface area contributed by atoms with Gasteiger partial charge in [0.2, 0.25) is 0 Å². The standard InChI is InChI=1S/C16H18N/c1-2-6-14-10-16-12-17(7-3-4-8-17)11-15(16)9-13(14)5-1/h1-2,5-6,9-10H,3-4,7-8,11-12H2/q+1. The van der Waals surface area contributed by atoms with Crippen molar-refractivity contribution in [3.05, 3.63) is 47.5 Å². The Bertz CT molecular complexity index is 533. The van der Waals surface area contributed by atoms with Crippen LogP contribution in [0.2, 0.25) is 0 Å². The molecule has 0 radical (unpaired) electrons. The summed E-state index contributed by atoms with van der Waals surface area (Å²) in [6, 6.07) is 13.6. The van der Waals surface area contributed by atoms with Gasteiger partial charge in [-0.15, -0.1) is 0 Å². The predicted molar refractivity (Wildman–Crippen MR) is 70.6 cm³/mol. The van der Waals surface area contributed by atoms with Gasteiger partial charge >= 0.3 is 0 Å². The molecule has 1 saturated heterocycles. The lowest BCUT2D eigenvalue weighted by Crippen LogP contribution is -2.39. The highest BCUT2D eigenvalue weighted by atomic mass is 15.4. The van der Waals surface area contributed by atoms with Crippen LogP contribution in [0.15, 0.2) is 36.4 Å². The van der Waals surface area contributed by atoms with Crippen molar-refractivity contribution in [1.82, 2.24) is 0 Å². The normalized spacial score (nSPS) is 21.2. The average Bonchev–Trinajstić information content (AvgIpc) is 2.92. The fourth-order valence-corrected chi connectivity index (χ4v) is 3.73. The summed E-state index contributed by atoms with van der Waals surface area (Å²) in [7, 11) is 0. The zero-order chi connectivity index (χ0) is 11.3. The highest BCUT2D eigenvalue weighted by Crippen LogP contribution is 2.36. The Morgan fingerprint density at radius 3 is 1.82 bits per heavy atom. The van der Waals surface area contributed by atoms with E-state index in [0.29, 0.717) is 0 Å². The average molecular weight is 224 g/mol. The topological polar surface area (TPSA) is 0 Å². The third-order valence-corrected chi connectivity index (χ3v) is 4.59. The number of hydrogen-bond acceptors (Lipinski definition) is 0. The Labute approximate surface area is 102 Å². The number of benzene rings is 2. The minimum atomic E-state index is 1.28. The van der Waals surface area contributed by atoms with Gasteiger partial charge in [0.15, 0.2) is 0 Å². The Balaban J connectivity index is 1.84. The van der Waals surface area contributed by atoms with Gasteiger partial charge in [0.1, 0.15) is 13.1 Å². The van der Waals surface area contributed by atoms with Gasteiger partial charge in [-0.1, -0.05) is 24.3 Å². The van der Waals surface area contributed by atoms with Crippen LogP contribution >= 0.6 is 0 Å². The molecule has 1 nitrogen and oxygen atoms in total. The minimum Gasteiger partial charge on any atom is -0.316 e. The summed E-state index contributed by atoms with van der Waals surface area (Å²) in [6.07, 6.45) is 2.85. The molecule has 0 aromatic heterocycles. The van der Waals surface area contributed by atoms with Gasteiger partial charge in [0.25, 0.3) is 0 Å². The molecule has 2 aromatic rings. The van der Waals surface area contributed by atoms with Crippen LogP contribution in [0.5, 0.6) is 0 Å². The lowest BCUT2D eigenvalue weighted by Gasteiger charge is -2.28. The second-order valence-corrected chi connectivity index (χ2v) is 5.78. The van der Waals surface area contributed by atoms with Gasteiger partial charge in [-0.3, -0.25) is 0 Å². The molecular formula is C16H18N+. The first kappa shape index (κ1) is 9.67. The minimum absolute atomic E-state index is 1.28. The second kappa shape index (κ2) is 3.33. The zero-order valence-corrected chi connectivity index (χ0v) is 10.2. The van der Waals surface area contributed by atoms with Gasteiger partial charge in [0.05, 0.1) is 13.1 Å². The Morgan fingerprint density at radius 2 is 1.29 bits per heavy atom. The van der Waals surface area contributed by atoms with Crippen molar-refractivity contribution < 1.29 is 4.48 Å². The summed E-state index contributed by atoms with van der Waals surface area (Å²) in [6.45, 7) is 5.34. The molecule has 4 rings (SSSR count). The summed E-state index contributed by atoms with van der Waals surface area (Å²) in [4.78, 5) is 0. The lowest BCUT2D eigenvalue weighted by atomic mass is 10.0. The summed E-state index contributed by atoms with van der Waals surface area (Å²) >= 11 is 0. The number of hydrogen-bond donors (Lipinski definition) is 0. The van der Waals surface area contributed by atoms with Crippen molar-refractivity contribution >= 4 is 10.8 Å². The Kier molecular flexibility index (Phi) is 1.89. The molecular weight excluding hydrogens is 206 g/mol. The third kappa shape index (κ3) is 1.42. The first-order chi connectivity index (χ1) is 8.35. The maximum absolute atomic E-state index is 2.43. The van der Waals surface area contributed by atoms with E-state index in [4.69, 9.17) is 0 Å². The highest BCUT2D eigenvalue weighted by molar-refractivity contribution is 5.84. The molecule has 2 heterocycles. The fraction of sp³-hybridized carbons (Fsp3) is 0.375. The third-order valence-electron chi connectivity index (χ3n) is 4.59. The van der Waals surface area contributed by atoms with E-state index in [9.17, 15) is 0 Å². The van der Waals surface area contributed by atoms with Crippen molar-refractivity contribution in [2.75, 3.05) is 13.1 Å². The molecule has 0 saturated carbocycles. The SMILES string of the molecule is c1ccc2cc3c(cc2c1)C[N+]1(CCCC1)C3. The Morgan fingerprint density at radius 1 is 0.765 bits per heavy atom. The van der Waals surface area contributed by atoms with Crippen LogP contribution in [0.1, 0.15) is 24.0 Å². The molecule has 2 aliphatic heterocycles. The van der Waals surface area contributed by atoms with E-state index in [1.54, 1.807) is 11.1 Å². The van der Waals surface area contributed by atoms with Gasteiger partial charge < -0.3 is 4.48 Å². The number of quaternary nitrogens is 1. The van der Waals surface area contributed by atoms with E-state index in [-0.39, 0.29) is 0 Å².